The summed E-state index contributed by atoms with van der Waals surface area (Å²) >= 11 is 0. The zero-order valence-electron chi connectivity index (χ0n) is 6.86. The van der Waals surface area contributed by atoms with Gasteiger partial charge in [0.25, 0.3) is 0 Å². The molecule has 0 spiro atoms. The molecule has 0 aliphatic carbocycles. The van der Waals surface area contributed by atoms with Crippen molar-refractivity contribution in [1.29, 1.82) is 0 Å². The predicted octanol–water partition coefficient (Wildman–Crippen LogP) is 1.09. The lowest BCUT2D eigenvalue weighted by atomic mass is 9.96. The Morgan fingerprint density at radius 3 is 3.25 bits per heavy atom. The summed E-state index contributed by atoms with van der Waals surface area (Å²) in [5, 5.41) is 9.64. The second-order valence-corrected chi connectivity index (χ2v) is 3.28. The van der Waals surface area contributed by atoms with Crippen molar-refractivity contribution < 1.29 is 5.11 Å². The van der Waals surface area contributed by atoms with E-state index < -0.39 is 5.60 Å². The zero-order valence-corrected chi connectivity index (χ0v) is 6.86. The topological polar surface area (TPSA) is 45.5 Å². The van der Waals surface area contributed by atoms with E-state index in [0.717, 1.165) is 11.4 Å². The highest BCUT2D eigenvalue weighted by atomic mass is 16.3. The number of pyridine rings is 1. The Hall–Kier alpha value is -1.22. The average Bonchev–Trinajstić information content (AvgIpc) is 2.02. The maximum Gasteiger partial charge on any atom is 0.154 e. The summed E-state index contributed by atoms with van der Waals surface area (Å²) in [6.07, 6.45) is 3.85. The number of nitrogens with zero attached hydrogens (tertiary/aromatic N) is 2. The molecule has 0 bridgehead atoms. The summed E-state index contributed by atoms with van der Waals surface area (Å²) in [6, 6.07) is 3.79. The molecule has 3 heteroatoms. The predicted molar refractivity (Wildman–Crippen MR) is 46.7 cm³/mol. The molecule has 1 aromatic rings. The van der Waals surface area contributed by atoms with E-state index in [2.05, 4.69) is 9.98 Å². The van der Waals surface area contributed by atoms with Gasteiger partial charge in [0.1, 0.15) is 5.60 Å². The van der Waals surface area contributed by atoms with Crippen LogP contribution in [0.3, 0.4) is 0 Å². The number of rotatable bonds is 0. The number of hydrogen-bond acceptors (Lipinski definition) is 3. The Kier molecular flexibility index (Phi) is 1.48. The molecule has 0 saturated heterocycles. The van der Waals surface area contributed by atoms with Crippen molar-refractivity contribution in [1.82, 2.24) is 4.98 Å². The van der Waals surface area contributed by atoms with Gasteiger partial charge in [-0.05, 0) is 18.6 Å². The Morgan fingerprint density at radius 2 is 2.42 bits per heavy atom. The molecule has 62 valence electrons. The molecule has 0 aromatic carbocycles. The SMILES string of the molecule is CC1(O)C=Nc2ncccc2C1. The Balaban J connectivity index is 2.46. The van der Waals surface area contributed by atoms with Gasteiger partial charge >= 0.3 is 0 Å². The first-order valence-electron chi connectivity index (χ1n) is 3.89. The van der Waals surface area contributed by atoms with E-state index in [0.29, 0.717) is 6.42 Å². The summed E-state index contributed by atoms with van der Waals surface area (Å²) in [5.41, 5.74) is 0.195. The minimum atomic E-state index is -0.809. The Bertz CT molecular complexity index is 331. The minimum Gasteiger partial charge on any atom is -0.384 e. The van der Waals surface area contributed by atoms with Crippen LogP contribution in [0.15, 0.2) is 23.3 Å². The summed E-state index contributed by atoms with van der Waals surface area (Å²) < 4.78 is 0. The van der Waals surface area contributed by atoms with Gasteiger partial charge in [0, 0.05) is 18.8 Å². The van der Waals surface area contributed by atoms with Crippen LogP contribution in [0.4, 0.5) is 5.82 Å². The third kappa shape index (κ3) is 1.23. The van der Waals surface area contributed by atoms with Crippen molar-refractivity contribution in [2.45, 2.75) is 18.9 Å². The van der Waals surface area contributed by atoms with Crippen molar-refractivity contribution in [3.05, 3.63) is 23.9 Å². The third-order valence-electron chi connectivity index (χ3n) is 1.88. The normalized spacial score (nSPS) is 26.8. The zero-order chi connectivity index (χ0) is 8.60. The highest BCUT2D eigenvalue weighted by Crippen LogP contribution is 2.24. The van der Waals surface area contributed by atoms with Crippen LogP contribution in [0.1, 0.15) is 12.5 Å². The molecule has 1 aromatic heterocycles. The number of hydrogen-bond donors (Lipinski definition) is 1. The van der Waals surface area contributed by atoms with Crippen molar-refractivity contribution >= 4 is 12.0 Å². The van der Waals surface area contributed by atoms with Gasteiger partial charge in [-0.3, -0.25) is 0 Å². The highest BCUT2D eigenvalue weighted by molar-refractivity contribution is 5.74. The van der Waals surface area contributed by atoms with E-state index >= 15 is 0 Å². The van der Waals surface area contributed by atoms with E-state index in [4.69, 9.17) is 0 Å². The van der Waals surface area contributed by atoms with Crippen molar-refractivity contribution in [2.24, 2.45) is 4.99 Å². The van der Waals surface area contributed by atoms with E-state index in [1.54, 1.807) is 19.3 Å². The molecular weight excluding hydrogens is 152 g/mol. The lowest BCUT2D eigenvalue weighted by molar-refractivity contribution is 0.137. The summed E-state index contributed by atoms with van der Waals surface area (Å²) in [5.74, 6) is 0.726. The van der Waals surface area contributed by atoms with E-state index in [1.807, 2.05) is 12.1 Å². The van der Waals surface area contributed by atoms with Gasteiger partial charge in [-0.2, -0.15) is 0 Å². The van der Waals surface area contributed by atoms with Gasteiger partial charge in [0.05, 0.1) is 0 Å². The summed E-state index contributed by atoms with van der Waals surface area (Å²) in [7, 11) is 0. The van der Waals surface area contributed by atoms with Crippen LogP contribution in [-0.4, -0.2) is 21.9 Å². The molecule has 2 rings (SSSR count). The minimum absolute atomic E-state index is 0.597. The molecule has 1 atom stereocenters. The largest absolute Gasteiger partial charge is 0.384 e. The third-order valence-corrected chi connectivity index (χ3v) is 1.88. The average molecular weight is 162 g/mol. The first-order valence-corrected chi connectivity index (χ1v) is 3.89. The monoisotopic (exact) mass is 162 g/mol. The van der Waals surface area contributed by atoms with Crippen LogP contribution in [-0.2, 0) is 6.42 Å². The number of aromatic nitrogens is 1. The maximum atomic E-state index is 9.64. The molecule has 0 fully saturated rings. The molecule has 0 saturated carbocycles. The van der Waals surface area contributed by atoms with Crippen LogP contribution >= 0.6 is 0 Å². The molecule has 0 radical (unpaired) electrons. The fourth-order valence-electron chi connectivity index (χ4n) is 1.32. The molecule has 2 heterocycles. The van der Waals surface area contributed by atoms with Gasteiger partial charge < -0.3 is 5.11 Å². The molecule has 12 heavy (non-hydrogen) atoms. The van der Waals surface area contributed by atoms with Crippen molar-refractivity contribution in [2.75, 3.05) is 0 Å². The molecule has 1 aliphatic rings. The fraction of sp³-hybridized carbons (Fsp3) is 0.333. The van der Waals surface area contributed by atoms with Crippen LogP contribution in [0, 0.1) is 0 Å². The lowest BCUT2D eigenvalue weighted by Crippen LogP contribution is -2.31. The molecule has 1 unspecified atom stereocenters. The molecule has 3 nitrogen and oxygen atoms in total. The van der Waals surface area contributed by atoms with Gasteiger partial charge in [-0.15, -0.1) is 0 Å². The summed E-state index contributed by atoms with van der Waals surface area (Å²) in [4.78, 5) is 8.14. The van der Waals surface area contributed by atoms with Gasteiger partial charge in [0.15, 0.2) is 5.82 Å². The number of fused-ring (bicyclic) bond motifs is 1. The van der Waals surface area contributed by atoms with Crippen molar-refractivity contribution in [3.63, 3.8) is 0 Å². The fourth-order valence-corrected chi connectivity index (χ4v) is 1.32. The number of aliphatic imine (C=N–C) groups is 1. The van der Waals surface area contributed by atoms with Crippen molar-refractivity contribution in [3.8, 4) is 0 Å². The maximum absolute atomic E-state index is 9.64. The highest BCUT2D eigenvalue weighted by Gasteiger charge is 2.23. The standard InChI is InChI=1S/C9H10N2O/c1-9(12)5-7-3-2-4-10-8(7)11-6-9/h2-4,6,12H,5H2,1H3. The second-order valence-electron chi connectivity index (χ2n) is 3.28. The lowest BCUT2D eigenvalue weighted by Gasteiger charge is -2.22. The Labute approximate surface area is 70.8 Å². The Morgan fingerprint density at radius 1 is 1.58 bits per heavy atom. The molecule has 0 amide bonds. The van der Waals surface area contributed by atoms with E-state index in [-0.39, 0.29) is 0 Å². The van der Waals surface area contributed by atoms with Crippen LogP contribution in [0.5, 0.6) is 0 Å². The van der Waals surface area contributed by atoms with E-state index in [9.17, 15) is 5.11 Å². The first kappa shape index (κ1) is 7.43. The molecular formula is C9H10N2O. The van der Waals surface area contributed by atoms with E-state index in [1.165, 1.54) is 0 Å². The molecule has 1 aliphatic heterocycles. The van der Waals surface area contributed by atoms with Gasteiger partial charge in [0.2, 0.25) is 0 Å². The second kappa shape index (κ2) is 2.38. The van der Waals surface area contributed by atoms with Crippen LogP contribution in [0.25, 0.3) is 0 Å². The molecule has 1 N–H and O–H groups in total. The van der Waals surface area contributed by atoms with Gasteiger partial charge in [-0.25, -0.2) is 9.98 Å². The quantitative estimate of drug-likeness (QED) is 0.620. The first-order chi connectivity index (χ1) is 5.67. The van der Waals surface area contributed by atoms with Crippen LogP contribution < -0.4 is 0 Å². The van der Waals surface area contributed by atoms with Crippen LogP contribution in [0.2, 0.25) is 0 Å². The van der Waals surface area contributed by atoms with Gasteiger partial charge in [-0.1, -0.05) is 6.07 Å². The summed E-state index contributed by atoms with van der Waals surface area (Å²) in [6.45, 7) is 1.74. The number of aliphatic hydroxyl groups is 1. The smallest absolute Gasteiger partial charge is 0.154 e.